The summed E-state index contributed by atoms with van der Waals surface area (Å²) in [5.41, 5.74) is 2.52. The number of nitrogens with zero attached hydrogens (tertiary/aromatic N) is 1. The number of benzene rings is 1. The molecule has 0 radical (unpaired) electrons. The van der Waals surface area contributed by atoms with Crippen molar-refractivity contribution in [2.24, 2.45) is 5.41 Å². The number of hydrogen-bond donors (Lipinski definition) is 1. The van der Waals surface area contributed by atoms with Gasteiger partial charge in [0.15, 0.2) is 0 Å². The van der Waals surface area contributed by atoms with Gasteiger partial charge in [-0.05, 0) is 29.4 Å². The van der Waals surface area contributed by atoms with E-state index >= 15 is 0 Å². The van der Waals surface area contributed by atoms with Crippen LogP contribution in [-0.4, -0.2) is 24.2 Å². The molecule has 1 atom stereocenters. The predicted octanol–water partition coefficient (Wildman–Crippen LogP) is 3.50. The topological polar surface area (TPSA) is 40.5 Å². The highest BCUT2D eigenvalue weighted by molar-refractivity contribution is 5.68. The summed E-state index contributed by atoms with van der Waals surface area (Å²) in [6, 6.07) is 8.47. The van der Waals surface area contributed by atoms with Crippen molar-refractivity contribution in [3.8, 4) is 0 Å². The van der Waals surface area contributed by atoms with E-state index < -0.39 is 5.97 Å². The van der Waals surface area contributed by atoms with Crippen LogP contribution in [0.3, 0.4) is 0 Å². The van der Waals surface area contributed by atoms with Crippen LogP contribution < -0.4 is 4.90 Å². The SMILES string of the molecule is CC(C)c1ccccc1N1CCC(C)(CC(=O)O)C1. The Labute approximate surface area is 115 Å². The summed E-state index contributed by atoms with van der Waals surface area (Å²) in [4.78, 5) is 13.3. The lowest BCUT2D eigenvalue weighted by atomic mass is 9.86. The van der Waals surface area contributed by atoms with Crippen LogP contribution in [0.2, 0.25) is 0 Å². The van der Waals surface area contributed by atoms with Crippen molar-refractivity contribution in [3.05, 3.63) is 29.8 Å². The van der Waals surface area contributed by atoms with Crippen LogP contribution in [0.25, 0.3) is 0 Å². The molecular formula is C16H23NO2. The monoisotopic (exact) mass is 261 g/mol. The standard InChI is InChI=1S/C16H23NO2/c1-12(2)13-6-4-5-7-14(13)17-9-8-16(3,11-17)10-15(18)19/h4-7,12H,8-11H2,1-3H3,(H,18,19). The Hall–Kier alpha value is -1.51. The van der Waals surface area contributed by atoms with Crippen LogP contribution in [0.4, 0.5) is 5.69 Å². The van der Waals surface area contributed by atoms with Gasteiger partial charge in [-0.3, -0.25) is 4.79 Å². The quantitative estimate of drug-likeness (QED) is 0.901. The first-order valence-electron chi connectivity index (χ1n) is 6.97. The van der Waals surface area contributed by atoms with Crippen molar-refractivity contribution in [3.63, 3.8) is 0 Å². The number of carbonyl (C=O) groups is 1. The molecule has 3 nitrogen and oxygen atoms in total. The van der Waals surface area contributed by atoms with Gasteiger partial charge in [0, 0.05) is 18.8 Å². The number of rotatable bonds is 4. The van der Waals surface area contributed by atoms with Gasteiger partial charge in [-0.1, -0.05) is 39.0 Å². The maximum atomic E-state index is 11.0. The molecule has 1 N–H and O–H groups in total. The molecule has 1 heterocycles. The van der Waals surface area contributed by atoms with E-state index in [1.54, 1.807) is 0 Å². The van der Waals surface area contributed by atoms with Crippen molar-refractivity contribution in [1.82, 2.24) is 0 Å². The highest BCUT2D eigenvalue weighted by Crippen LogP contribution is 2.38. The van der Waals surface area contributed by atoms with Gasteiger partial charge in [-0.25, -0.2) is 0 Å². The maximum Gasteiger partial charge on any atom is 0.303 e. The zero-order valence-corrected chi connectivity index (χ0v) is 12.0. The van der Waals surface area contributed by atoms with E-state index in [2.05, 4.69) is 49.9 Å². The fraction of sp³-hybridized carbons (Fsp3) is 0.562. The Morgan fingerprint density at radius 2 is 2.11 bits per heavy atom. The van der Waals surface area contributed by atoms with Crippen LogP contribution in [0.5, 0.6) is 0 Å². The van der Waals surface area contributed by atoms with E-state index in [9.17, 15) is 4.79 Å². The van der Waals surface area contributed by atoms with E-state index in [4.69, 9.17) is 5.11 Å². The molecule has 1 fully saturated rings. The number of carboxylic acids is 1. The Morgan fingerprint density at radius 3 is 2.74 bits per heavy atom. The second-order valence-electron chi connectivity index (χ2n) is 6.27. The van der Waals surface area contributed by atoms with Crippen molar-refractivity contribution in [2.45, 2.75) is 39.5 Å². The molecule has 0 saturated carbocycles. The third-order valence-corrected chi connectivity index (χ3v) is 4.04. The molecule has 0 bridgehead atoms. The van der Waals surface area contributed by atoms with E-state index in [-0.39, 0.29) is 11.8 Å². The Morgan fingerprint density at radius 1 is 1.42 bits per heavy atom. The molecule has 1 aromatic carbocycles. The Bertz CT molecular complexity index is 470. The Kier molecular flexibility index (Phi) is 3.83. The lowest BCUT2D eigenvalue weighted by Gasteiger charge is -2.26. The minimum atomic E-state index is -0.693. The van der Waals surface area contributed by atoms with Crippen LogP contribution in [-0.2, 0) is 4.79 Å². The minimum Gasteiger partial charge on any atom is -0.481 e. The van der Waals surface area contributed by atoms with Crippen LogP contribution >= 0.6 is 0 Å². The summed E-state index contributed by atoms with van der Waals surface area (Å²) < 4.78 is 0. The van der Waals surface area contributed by atoms with Crippen molar-refractivity contribution in [1.29, 1.82) is 0 Å². The summed E-state index contributed by atoms with van der Waals surface area (Å²) in [6.45, 7) is 8.27. The highest BCUT2D eigenvalue weighted by atomic mass is 16.4. The van der Waals surface area contributed by atoms with Gasteiger partial charge in [0.2, 0.25) is 0 Å². The van der Waals surface area contributed by atoms with Crippen LogP contribution in [0.15, 0.2) is 24.3 Å². The largest absolute Gasteiger partial charge is 0.481 e. The molecule has 2 rings (SSSR count). The maximum absolute atomic E-state index is 11.0. The molecule has 104 valence electrons. The number of para-hydroxylation sites is 1. The molecule has 1 saturated heterocycles. The van der Waals surface area contributed by atoms with Gasteiger partial charge < -0.3 is 10.0 Å². The van der Waals surface area contributed by atoms with Crippen molar-refractivity contribution >= 4 is 11.7 Å². The molecule has 1 unspecified atom stereocenters. The second-order valence-corrected chi connectivity index (χ2v) is 6.27. The van der Waals surface area contributed by atoms with Crippen molar-refractivity contribution < 1.29 is 9.90 Å². The summed E-state index contributed by atoms with van der Waals surface area (Å²) in [6.07, 6.45) is 1.21. The first-order chi connectivity index (χ1) is 8.91. The van der Waals surface area contributed by atoms with Crippen LogP contribution in [0, 0.1) is 5.41 Å². The number of hydrogen-bond acceptors (Lipinski definition) is 2. The molecule has 1 aliphatic heterocycles. The summed E-state index contributed by atoms with van der Waals surface area (Å²) in [5.74, 6) is -0.205. The van der Waals surface area contributed by atoms with Gasteiger partial charge in [-0.15, -0.1) is 0 Å². The average Bonchev–Trinajstić information content (AvgIpc) is 2.70. The van der Waals surface area contributed by atoms with Crippen molar-refractivity contribution in [2.75, 3.05) is 18.0 Å². The second kappa shape index (κ2) is 5.24. The third kappa shape index (κ3) is 3.09. The fourth-order valence-corrected chi connectivity index (χ4v) is 3.00. The van der Waals surface area contributed by atoms with Gasteiger partial charge in [0.25, 0.3) is 0 Å². The molecular weight excluding hydrogens is 238 g/mol. The van der Waals surface area contributed by atoms with Gasteiger partial charge in [0.05, 0.1) is 6.42 Å². The first kappa shape index (κ1) is 13.9. The normalized spacial score (nSPS) is 23.1. The molecule has 1 aromatic rings. The minimum absolute atomic E-state index is 0.101. The molecule has 19 heavy (non-hydrogen) atoms. The van der Waals surface area contributed by atoms with E-state index in [0.717, 1.165) is 19.5 Å². The first-order valence-corrected chi connectivity index (χ1v) is 6.97. The van der Waals surface area contributed by atoms with Gasteiger partial charge in [-0.2, -0.15) is 0 Å². The molecule has 1 aliphatic rings. The predicted molar refractivity (Wildman–Crippen MR) is 77.7 cm³/mol. The lowest BCUT2D eigenvalue weighted by Crippen LogP contribution is -2.27. The van der Waals surface area contributed by atoms with Gasteiger partial charge >= 0.3 is 5.97 Å². The summed E-state index contributed by atoms with van der Waals surface area (Å²) in [7, 11) is 0. The van der Waals surface area contributed by atoms with E-state index in [0.29, 0.717) is 5.92 Å². The van der Waals surface area contributed by atoms with E-state index in [1.165, 1.54) is 11.3 Å². The zero-order chi connectivity index (χ0) is 14.0. The molecule has 0 aromatic heterocycles. The highest BCUT2D eigenvalue weighted by Gasteiger charge is 2.36. The average molecular weight is 261 g/mol. The Balaban J connectivity index is 2.19. The third-order valence-electron chi connectivity index (χ3n) is 4.04. The fourth-order valence-electron chi connectivity index (χ4n) is 3.00. The van der Waals surface area contributed by atoms with Gasteiger partial charge in [0.1, 0.15) is 0 Å². The molecule has 0 spiro atoms. The number of anilines is 1. The van der Waals surface area contributed by atoms with E-state index in [1.807, 2.05) is 0 Å². The zero-order valence-electron chi connectivity index (χ0n) is 12.0. The lowest BCUT2D eigenvalue weighted by molar-refractivity contribution is -0.139. The smallest absolute Gasteiger partial charge is 0.303 e. The molecule has 0 amide bonds. The summed E-state index contributed by atoms with van der Waals surface area (Å²) >= 11 is 0. The number of carboxylic acid groups (broad SMARTS) is 1. The number of aliphatic carboxylic acids is 1. The molecule has 0 aliphatic carbocycles. The molecule has 3 heteroatoms. The van der Waals surface area contributed by atoms with Crippen LogP contribution in [0.1, 0.15) is 45.1 Å². The summed E-state index contributed by atoms with van der Waals surface area (Å²) in [5, 5.41) is 9.02.